The van der Waals surface area contributed by atoms with Crippen LogP contribution in [0.15, 0.2) is 54.9 Å². The van der Waals surface area contributed by atoms with Crippen molar-refractivity contribution in [1.82, 2.24) is 10.3 Å². The van der Waals surface area contributed by atoms with Crippen LogP contribution in [-0.2, 0) is 4.79 Å². The van der Waals surface area contributed by atoms with Crippen LogP contribution in [0.5, 0.6) is 0 Å². The Morgan fingerprint density at radius 1 is 1.38 bits per heavy atom. The molecule has 0 bridgehead atoms. The average molecular weight is 411 g/mol. The van der Waals surface area contributed by atoms with Gasteiger partial charge in [-0.2, -0.15) is 0 Å². The van der Waals surface area contributed by atoms with Gasteiger partial charge in [-0.3, -0.25) is 14.6 Å². The molecule has 0 radical (unpaired) electrons. The van der Waals surface area contributed by atoms with Gasteiger partial charge in [-0.25, -0.2) is 0 Å². The second-order valence-corrected chi connectivity index (χ2v) is 7.39. The van der Waals surface area contributed by atoms with Gasteiger partial charge >= 0.3 is 0 Å². The van der Waals surface area contributed by atoms with Gasteiger partial charge in [0.05, 0.1) is 17.1 Å². The summed E-state index contributed by atoms with van der Waals surface area (Å²) < 4.78 is 0. The van der Waals surface area contributed by atoms with Crippen LogP contribution in [0.4, 0.5) is 5.69 Å². The van der Waals surface area contributed by atoms with Crippen molar-refractivity contribution in [2.24, 2.45) is 5.92 Å². The normalized spacial score (nSPS) is 18.8. The van der Waals surface area contributed by atoms with E-state index in [4.69, 9.17) is 17.0 Å². The molecule has 0 unspecified atom stereocenters. The average Bonchev–Trinajstić information content (AvgIpc) is 3.11. The number of nitrogens with zero attached hydrogens (tertiary/aromatic N) is 2. The summed E-state index contributed by atoms with van der Waals surface area (Å²) >= 11 is 6.22. The highest BCUT2D eigenvalue weighted by molar-refractivity contribution is 6.33. The molecule has 1 amide bonds. The van der Waals surface area contributed by atoms with E-state index in [1.54, 1.807) is 24.4 Å². The minimum Gasteiger partial charge on any atom is -0.368 e. The van der Waals surface area contributed by atoms with Gasteiger partial charge in [0.1, 0.15) is 0 Å². The number of nitrogens with one attached hydrogen (secondary N) is 2. The first kappa shape index (κ1) is 20.7. The number of rotatable bonds is 7. The summed E-state index contributed by atoms with van der Waals surface area (Å²) in [5.74, 6) is -0.231. The van der Waals surface area contributed by atoms with Crippen LogP contribution in [0.2, 0.25) is 5.02 Å². The number of halogens is 1. The summed E-state index contributed by atoms with van der Waals surface area (Å²) in [4.78, 5) is 30.3. The molecular weight excluding hydrogens is 388 g/mol. The van der Waals surface area contributed by atoms with E-state index in [1.165, 1.54) is 12.4 Å². The number of amides is 1. The predicted molar refractivity (Wildman–Crippen MR) is 115 cm³/mol. The summed E-state index contributed by atoms with van der Waals surface area (Å²) in [6.45, 7) is 2.94. The summed E-state index contributed by atoms with van der Waals surface area (Å²) in [6.07, 6.45) is 8.70. The number of pyridine rings is 1. The maximum atomic E-state index is 12.1. The van der Waals surface area contributed by atoms with E-state index in [1.807, 2.05) is 24.3 Å². The molecule has 2 aromatic rings. The Balaban J connectivity index is 1.54. The molecule has 1 aromatic carbocycles. The van der Waals surface area contributed by atoms with Crippen LogP contribution in [-0.4, -0.2) is 42.0 Å². The molecule has 150 valence electrons. The first-order valence-electron chi connectivity index (χ1n) is 9.45. The second-order valence-electron chi connectivity index (χ2n) is 6.99. The Kier molecular flexibility index (Phi) is 6.77. The summed E-state index contributed by atoms with van der Waals surface area (Å²) in [5, 5.41) is 10.5. The fraction of sp³-hybridized carbons (Fsp3) is 0.273. The fourth-order valence-electron chi connectivity index (χ4n) is 3.45. The van der Waals surface area contributed by atoms with Gasteiger partial charge in [-0.1, -0.05) is 17.7 Å². The minimum absolute atomic E-state index is 0.0459. The van der Waals surface area contributed by atoms with Crippen LogP contribution >= 0.6 is 11.6 Å². The van der Waals surface area contributed by atoms with Gasteiger partial charge in [-0.05, 0) is 55.7 Å². The molecule has 1 aliphatic rings. The molecule has 3 rings (SSSR count). The largest absolute Gasteiger partial charge is 0.368 e. The molecule has 0 saturated carbocycles. The van der Waals surface area contributed by atoms with Crippen LogP contribution in [0.25, 0.3) is 0 Å². The monoisotopic (exact) mass is 410 g/mol. The van der Waals surface area contributed by atoms with E-state index in [9.17, 15) is 9.59 Å². The number of ketones is 1. The number of benzene rings is 1. The number of hydrogen-bond acceptors (Lipinski definition) is 5. The zero-order chi connectivity index (χ0) is 20.8. The summed E-state index contributed by atoms with van der Waals surface area (Å²) in [7, 11) is 0. The van der Waals surface area contributed by atoms with Gasteiger partial charge < -0.3 is 15.6 Å². The highest BCUT2D eigenvalue weighted by Gasteiger charge is 2.29. The molecule has 2 atom stereocenters. The van der Waals surface area contributed by atoms with Gasteiger partial charge in [0.2, 0.25) is 0 Å². The molecule has 1 aliphatic heterocycles. The van der Waals surface area contributed by atoms with Crippen molar-refractivity contribution < 1.29 is 9.59 Å². The number of anilines is 1. The Morgan fingerprint density at radius 2 is 2.21 bits per heavy atom. The highest BCUT2D eigenvalue weighted by Crippen LogP contribution is 2.32. The highest BCUT2D eigenvalue weighted by atomic mass is 35.5. The quantitative estimate of drug-likeness (QED) is 0.540. The molecule has 6 nitrogen and oxygen atoms in total. The van der Waals surface area contributed by atoms with Crippen LogP contribution in [0, 0.1) is 11.3 Å². The molecule has 1 fully saturated rings. The number of carbonyl (C=O) groups excluding carboxylic acids is 2. The van der Waals surface area contributed by atoms with E-state index < -0.39 is 0 Å². The van der Waals surface area contributed by atoms with Crippen LogP contribution in [0.1, 0.15) is 29.3 Å². The number of aromatic nitrogens is 1. The Bertz CT molecular complexity index is 930. The lowest BCUT2D eigenvalue weighted by Gasteiger charge is -2.26. The van der Waals surface area contributed by atoms with E-state index in [2.05, 4.69) is 22.1 Å². The van der Waals surface area contributed by atoms with Crippen molar-refractivity contribution in [3.63, 3.8) is 0 Å². The van der Waals surface area contributed by atoms with Crippen molar-refractivity contribution in [2.45, 2.75) is 19.4 Å². The zero-order valence-corrected chi connectivity index (χ0v) is 16.9. The SMILES string of the molecule is C[C@H]1[C@H](/C=C/C(=O)CNC(=O)c2cccnc2)CCN1c1ccc(C=N)c(Cl)c1. The van der Waals surface area contributed by atoms with Crippen molar-refractivity contribution in [3.8, 4) is 0 Å². The lowest BCUT2D eigenvalue weighted by atomic mass is 10.0. The first-order valence-corrected chi connectivity index (χ1v) is 9.83. The van der Waals surface area contributed by atoms with Gasteiger partial charge in [0, 0.05) is 42.4 Å². The van der Waals surface area contributed by atoms with E-state index >= 15 is 0 Å². The van der Waals surface area contributed by atoms with E-state index in [-0.39, 0.29) is 30.2 Å². The summed E-state index contributed by atoms with van der Waals surface area (Å²) in [5.41, 5.74) is 2.13. The van der Waals surface area contributed by atoms with Crippen molar-refractivity contribution in [1.29, 1.82) is 5.41 Å². The van der Waals surface area contributed by atoms with E-state index in [0.717, 1.165) is 18.7 Å². The molecule has 0 aliphatic carbocycles. The molecule has 7 heteroatoms. The van der Waals surface area contributed by atoms with Gasteiger partial charge in [-0.15, -0.1) is 0 Å². The third-order valence-corrected chi connectivity index (χ3v) is 5.49. The van der Waals surface area contributed by atoms with E-state index in [0.29, 0.717) is 16.1 Å². The standard InChI is InChI=1S/C22H23ClN4O2/c1-15-16(8-10-27(15)19-6-4-17(12-24)21(23)11-19)5-7-20(28)14-26-22(29)18-3-2-9-25-13-18/h2-7,9,11-13,15-16,24H,8,10,14H2,1H3,(H,26,29)/b7-5+,24-12?/t15-,16+/m0/s1. The molecule has 1 aromatic heterocycles. The molecule has 1 saturated heterocycles. The lowest BCUT2D eigenvalue weighted by molar-refractivity contribution is -0.113. The first-order chi connectivity index (χ1) is 14.0. The van der Waals surface area contributed by atoms with Crippen LogP contribution in [0.3, 0.4) is 0 Å². The maximum Gasteiger partial charge on any atom is 0.253 e. The third kappa shape index (κ3) is 5.09. The van der Waals surface area contributed by atoms with Crippen molar-refractivity contribution >= 4 is 35.2 Å². The Hall–Kier alpha value is -2.99. The molecule has 2 N–H and O–H groups in total. The van der Waals surface area contributed by atoms with Gasteiger partial charge in [0.15, 0.2) is 5.78 Å². The molecule has 29 heavy (non-hydrogen) atoms. The Labute approximate surface area is 175 Å². The minimum atomic E-state index is -0.314. The smallest absolute Gasteiger partial charge is 0.253 e. The third-order valence-electron chi connectivity index (χ3n) is 5.16. The lowest BCUT2D eigenvalue weighted by Crippen LogP contribution is -2.30. The topological polar surface area (TPSA) is 86.2 Å². The molecule has 0 spiro atoms. The fourth-order valence-corrected chi connectivity index (χ4v) is 3.68. The van der Waals surface area contributed by atoms with Crippen molar-refractivity contribution in [2.75, 3.05) is 18.0 Å². The van der Waals surface area contributed by atoms with Crippen molar-refractivity contribution in [3.05, 3.63) is 71.0 Å². The summed E-state index contributed by atoms with van der Waals surface area (Å²) in [6, 6.07) is 9.23. The number of carbonyl (C=O) groups is 2. The molecular formula is C22H23ClN4O2. The Morgan fingerprint density at radius 3 is 2.90 bits per heavy atom. The van der Waals surface area contributed by atoms with Gasteiger partial charge in [0.25, 0.3) is 5.91 Å². The van der Waals surface area contributed by atoms with Crippen LogP contribution < -0.4 is 10.2 Å². The number of hydrogen-bond donors (Lipinski definition) is 2. The zero-order valence-electron chi connectivity index (χ0n) is 16.1. The predicted octanol–water partition coefficient (Wildman–Crippen LogP) is 3.50. The molecule has 2 heterocycles. The second kappa shape index (κ2) is 9.47. The maximum absolute atomic E-state index is 12.1.